The van der Waals surface area contributed by atoms with Crippen LogP contribution in [0.2, 0.25) is 0 Å². The fourth-order valence-corrected chi connectivity index (χ4v) is 3.70. The number of hydrogen-bond donors (Lipinski definition) is 1. The van der Waals surface area contributed by atoms with E-state index in [0.717, 1.165) is 23.2 Å². The molecule has 1 N–H and O–H groups in total. The predicted octanol–water partition coefficient (Wildman–Crippen LogP) is 2.57. The van der Waals surface area contributed by atoms with Crippen LogP contribution in [0.3, 0.4) is 0 Å². The highest BCUT2D eigenvalue weighted by molar-refractivity contribution is 7.92. The SMILES string of the molecule is CCc1ccc(S(=O)(=O)Nc2ccc3c(c2)CC(=O)N3C)cc1. The highest BCUT2D eigenvalue weighted by Gasteiger charge is 2.24. The van der Waals surface area contributed by atoms with Crippen molar-refractivity contribution in [3.8, 4) is 0 Å². The molecule has 0 aliphatic carbocycles. The lowest BCUT2D eigenvalue weighted by molar-refractivity contribution is -0.117. The Hall–Kier alpha value is -2.34. The number of sulfonamides is 1. The lowest BCUT2D eigenvalue weighted by atomic mass is 10.1. The van der Waals surface area contributed by atoms with Crippen LogP contribution in [-0.2, 0) is 27.7 Å². The van der Waals surface area contributed by atoms with Crippen molar-refractivity contribution in [1.82, 2.24) is 0 Å². The summed E-state index contributed by atoms with van der Waals surface area (Å²) in [6.07, 6.45) is 1.16. The van der Waals surface area contributed by atoms with Gasteiger partial charge in [-0.05, 0) is 47.9 Å². The maximum atomic E-state index is 12.4. The van der Waals surface area contributed by atoms with Gasteiger partial charge in [0.25, 0.3) is 10.0 Å². The molecule has 0 radical (unpaired) electrons. The molecule has 1 aliphatic rings. The molecule has 0 fully saturated rings. The first-order valence-electron chi connectivity index (χ1n) is 7.42. The zero-order valence-electron chi connectivity index (χ0n) is 13.0. The Kier molecular flexibility index (Phi) is 3.85. The highest BCUT2D eigenvalue weighted by atomic mass is 32.2. The Balaban J connectivity index is 1.86. The monoisotopic (exact) mass is 330 g/mol. The van der Waals surface area contributed by atoms with E-state index in [1.54, 1.807) is 42.3 Å². The van der Waals surface area contributed by atoms with Crippen molar-refractivity contribution in [3.63, 3.8) is 0 Å². The van der Waals surface area contributed by atoms with Crippen molar-refractivity contribution in [2.75, 3.05) is 16.7 Å². The predicted molar refractivity (Wildman–Crippen MR) is 90.2 cm³/mol. The number of hydrogen-bond acceptors (Lipinski definition) is 3. The quantitative estimate of drug-likeness (QED) is 0.937. The molecule has 1 aliphatic heterocycles. The average molecular weight is 330 g/mol. The first-order chi connectivity index (χ1) is 10.9. The van der Waals surface area contributed by atoms with E-state index in [9.17, 15) is 13.2 Å². The summed E-state index contributed by atoms with van der Waals surface area (Å²) in [6.45, 7) is 2.02. The second kappa shape index (κ2) is 5.70. The van der Waals surface area contributed by atoms with Gasteiger partial charge in [-0.25, -0.2) is 8.42 Å². The van der Waals surface area contributed by atoms with Crippen LogP contribution in [-0.4, -0.2) is 21.4 Å². The Morgan fingerprint density at radius 2 is 1.83 bits per heavy atom. The molecule has 0 unspecified atom stereocenters. The molecule has 6 heteroatoms. The van der Waals surface area contributed by atoms with Gasteiger partial charge in [0.05, 0.1) is 11.3 Å². The summed E-state index contributed by atoms with van der Waals surface area (Å²) in [4.78, 5) is 13.5. The second-order valence-electron chi connectivity index (χ2n) is 5.58. The molecule has 1 amide bonds. The number of amides is 1. The molecule has 3 rings (SSSR count). The van der Waals surface area contributed by atoms with Crippen LogP contribution in [0.5, 0.6) is 0 Å². The van der Waals surface area contributed by atoms with Gasteiger partial charge in [-0.3, -0.25) is 9.52 Å². The number of aryl methyl sites for hydroxylation is 1. The smallest absolute Gasteiger partial charge is 0.261 e. The minimum absolute atomic E-state index is 0.00941. The van der Waals surface area contributed by atoms with Crippen LogP contribution in [0.25, 0.3) is 0 Å². The average Bonchev–Trinajstić information content (AvgIpc) is 2.81. The minimum atomic E-state index is -3.63. The van der Waals surface area contributed by atoms with Gasteiger partial charge in [0.2, 0.25) is 5.91 Å². The maximum absolute atomic E-state index is 12.4. The fourth-order valence-electron chi connectivity index (χ4n) is 2.65. The summed E-state index contributed by atoms with van der Waals surface area (Å²) in [5.41, 5.74) is 3.21. The van der Waals surface area contributed by atoms with Gasteiger partial charge in [0, 0.05) is 18.4 Å². The number of rotatable bonds is 4. The molecule has 2 aromatic rings. The Labute approximate surface area is 136 Å². The summed E-state index contributed by atoms with van der Waals surface area (Å²) in [5, 5.41) is 0. The van der Waals surface area contributed by atoms with Crippen molar-refractivity contribution < 1.29 is 13.2 Å². The Bertz CT molecular complexity index is 858. The van der Waals surface area contributed by atoms with Crippen LogP contribution in [0.4, 0.5) is 11.4 Å². The van der Waals surface area contributed by atoms with Crippen LogP contribution in [0.15, 0.2) is 47.4 Å². The van der Waals surface area contributed by atoms with E-state index in [1.807, 2.05) is 19.1 Å². The molecular weight excluding hydrogens is 312 g/mol. The third-order valence-electron chi connectivity index (χ3n) is 4.05. The number of nitrogens with one attached hydrogen (secondary N) is 1. The van der Waals surface area contributed by atoms with Gasteiger partial charge in [0.15, 0.2) is 0 Å². The van der Waals surface area contributed by atoms with Gasteiger partial charge in [-0.1, -0.05) is 19.1 Å². The van der Waals surface area contributed by atoms with E-state index < -0.39 is 10.0 Å². The molecule has 120 valence electrons. The summed E-state index contributed by atoms with van der Waals surface area (Å²) in [7, 11) is -1.92. The first-order valence-corrected chi connectivity index (χ1v) is 8.90. The number of benzene rings is 2. The van der Waals surface area contributed by atoms with Gasteiger partial charge < -0.3 is 4.90 Å². The van der Waals surface area contributed by atoms with Crippen molar-refractivity contribution in [2.45, 2.75) is 24.7 Å². The highest BCUT2D eigenvalue weighted by Crippen LogP contribution is 2.30. The van der Waals surface area contributed by atoms with Gasteiger partial charge >= 0.3 is 0 Å². The number of likely N-dealkylation sites (N-methyl/N-ethyl adjacent to an activating group) is 1. The number of anilines is 2. The summed E-state index contributed by atoms with van der Waals surface area (Å²) in [5.74, 6) is 0.00941. The largest absolute Gasteiger partial charge is 0.315 e. The third kappa shape index (κ3) is 2.94. The number of carbonyl (C=O) groups is 1. The van der Waals surface area contributed by atoms with Crippen molar-refractivity contribution >= 4 is 27.3 Å². The third-order valence-corrected chi connectivity index (χ3v) is 5.45. The lowest BCUT2D eigenvalue weighted by Gasteiger charge is -2.12. The zero-order valence-corrected chi connectivity index (χ0v) is 13.9. The molecule has 0 aromatic heterocycles. The fraction of sp³-hybridized carbons (Fsp3) is 0.235. The maximum Gasteiger partial charge on any atom is 0.261 e. The Morgan fingerprint density at radius 3 is 2.48 bits per heavy atom. The van der Waals surface area contributed by atoms with Crippen LogP contribution < -0.4 is 9.62 Å². The summed E-state index contributed by atoms with van der Waals surface area (Å²) < 4.78 is 27.5. The van der Waals surface area contributed by atoms with E-state index in [0.29, 0.717) is 12.1 Å². The lowest BCUT2D eigenvalue weighted by Crippen LogP contribution is -2.20. The van der Waals surface area contributed by atoms with E-state index in [4.69, 9.17) is 0 Å². The van der Waals surface area contributed by atoms with Gasteiger partial charge in [-0.15, -0.1) is 0 Å². The van der Waals surface area contributed by atoms with E-state index >= 15 is 0 Å². The van der Waals surface area contributed by atoms with Crippen molar-refractivity contribution in [3.05, 3.63) is 53.6 Å². The second-order valence-corrected chi connectivity index (χ2v) is 7.26. The normalized spacial score (nSPS) is 14.0. The molecule has 0 spiro atoms. The molecular formula is C17H18N2O3S. The molecule has 5 nitrogen and oxygen atoms in total. The van der Waals surface area contributed by atoms with Crippen molar-refractivity contribution in [2.24, 2.45) is 0 Å². The van der Waals surface area contributed by atoms with E-state index in [2.05, 4.69) is 4.72 Å². The van der Waals surface area contributed by atoms with Gasteiger partial charge in [-0.2, -0.15) is 0 Å². The molecule has 0 atom stereocenters. The Morgan fingerprint density at radius 1 is 1.13 bits per heavy atom. The summed E-state index contributed by atoms with van der Waals surface area (Å²) in [6, 6.07) is 12.0. The molecule has 2 aromatic carbocycles. The molecule has 0 saturated heterocycles. The van der Waals surface area contributed by atoms with Crippen molar-refractivity contribution in [1.29, 1.82) is 0 Å². The molecule has 0 bridgehead atoms. The topological polar surface area (TPSA) is 66.5 Å². The molecule has 0 saturated carbocycles. The number of carbonyl (C=O) groups excluding carboxylic acids is 1. The van der Waals surface area contributed by atoms with E-state index in [1.165, 1.54) is 0 Å². The molecule has 1 heterocycles. The summed E-state index contributed by atoms with van der Waals surface area (Å²) >= 11 is 0. The van der Waals surface area contributed by atoms with Crippen LogP contribution in [0, 0.1) is 0 Å². The minimum Gasteiger partial charge on any atom is -0.315 e. The van der Waals surface area contributed by atoms with E-state index in [-0.39, 0.29) is 10.8 Å². The standard InChI is InChI=1S/C17H18N2O3S/c1-3-12-4-7-15(8-5-12)23(21,22)18-14-6-9-16-13(10-14)11-17(20)19(16)2/h4-10,18H,3,11H2,1-2H3. The zero-order chi connectivity index (χ0) is 16.6. The number of nitrogens with zero attached hydrogens (tertiary/aromatic N) is 1. The number of fused-ring (bicyclic) bond motifs is 1. The molecule has 23 heavy (non-hydrogen) atoms. The van der Waals surface area contributed by atoms with Gasteiger partial charge in [0.1, 0.15) is 0 Å². The van der Waals surface area contributed by atoms with Crippen LogP contribution >= 0.6 is 0 Å². The first kappa shape index (κ1) is 15.6. The van der Waals surface area contributed by atoms with Crippen LogP contribution in [0.1, 0.15) is 18.1 Å².